The zero-order valence-corrected chi connectivity index (χ0v) is 11.9. The van der Waals surface area contributed by atoms with Crippen molar-refractivity contribution in [3.05, 3.63) is 42.0 Å². The largest absolute Gasteiger partial charge is 0.330 e. The van der Waals surface area contributed by atoms with Gasteiger partial charge in [0.15, 0.2) is 0 Å². The molecule has 0 heterocycles. The van der Waals surface area contributed by atoms with E-state index in [2.05, 4.69) is 36.4 Å². The minimum atomic E-state index is 0.300. The van der Waals surface area contributed by atoms with Crippen molar-refractivity contribution in [3.8, 4) is 0 Å². The van der Waals surface area contributed by atoms with E-state index in [-0.39, 0.29) is 0 Å². The highest BCUT2D eigenvalue weighted by molar-refractivity contribution is 5.48. The smallest absolute Gasteiger partial charge is 0.00735 e. The Morgan fingerprint density at radius 2 is 1.63 bits per heavy atom. The molecule has 0 amide bonds. The van der Waals surface area contributed by atoms with Gasteiger partial charge >= 0.3 is 0 Å². The molecule has 0 aliphatic carbocycles. The van der Waals surface area contributed by atoms with Gasteiger partial charge in [0.2, 0.25) is 0 Å². The molecule has 4 N–H and O–H groups in total. The number of hydrogen-bond acceptors (Lipinski definition) is 2. The third-order valence-corrected chi connectivity index (χ3v) is 3.33. The second-order valence-corrected chi connectivity index (χ2v) is 5.15. The first kappa shape index (κ1) is 15.9. The molecule has 2 nitrogen and oxygen atoms in total. The van der Waals surface area contributed by atoms with Gasteiger partial charge in [0.1, 0.15) is 0 Å². The van der Waals surface area contributed by atoms with Gasteiger partial charge in [-0.05, 0) is 31.4 Å². The lowest BCUT2D eigenvalue weighted by Gasteiger charge is -2.08. The summed E-state index contributed by atoms with van der Waals surface area (Å²) >= 11 is 0. The molecule has 19 heavy (non-hydrogen) atoms. The Labute approximate surface area is 117 Å². The topological polar surface area (TPSA) is 52.0 Å². The SMILES string of the molecule is NCCCCCCCC(N)CC=Cc1ccccc1. The molecule has 0 spiro atoms. The molecular weight excluding hydrogens is 232 g/mol. The van der Waals surface area contributed by atoms with Crippen LogP contribution in [0.5, 0.6) is 0 Å². The molecule has 1 unspecified atom stereocenters. The molecule has 0 aromatic heterocycles. The van der Waals surface area contributed by atoms with E-state index in [1.165, 1.54) is 31.2 Å². The van der Waals surface area contributed by atoms with Crippen molar-refractivity contribution in [1.82, 2.24) is 0 Å². The molecule has 1 aromatic rings. The van der Waals surface area contributed by atoms with Gasteiger partial charge in [-0.3, -0.25) is 0 Å². The minimum absolute atomic E-state index is 0.300. The van der Waals surface area contributed by atoms with Crippen LogP contribution in [0.2, 0.25) is 0 Å². The molecule has 0 aliphatic heterocycles. The zero-order valence-electron chi connectivity index (χ0n) is 11.9. The van der Waals surface area contributed by atoms with Crippen LogP contribution in [0.15, 0.2) is 36.4 Å². The summed E-state index contributed by atoms with van der Waals surface area (Å²) in [6.45, 7) is 0.823. The first-order valence-electron chi connectivity index (χ1n) is 7.50. The van der Waals surface area contributed by atoms with E-state index in [0.717, 1.165) is 25.8 Å². The van der Waals surface area contributed by atoms with E-state index >= 15 is 0 Å². The second kappa shape index (κ2) is 10.8. The average molecular weight is 260 g/mol. The third-order valence-electron chi connectivity index (χ3n) is 3.33. The summed E-state index contributed by atoms with van der Waals surface area (Å²) in [7, 11) is 0. The molecule has 0 bridgehead atoms. The summed E-state index contributed by atoms with van der Waals surface area (Å²) in [6.07, 6.45) is 12.7. The minimum Gasteiger partial charge on any atom is -0.330 e. The van der Waals surface area contributed by atoms with Crippen LogP contribution < -0.4 is 11.5 Å². The predicted octanol–water partition coefficient (Wildman–Crippen LogP) is 3.72. The molecule has 0 aliphatic rings. The molecule has 0 saturated heterocycles. The van der Waals surface area contributed by atoms with Gasteiger partial charge in [-0.15, -0.1) is 0 Å². The van der Waals surface area contributed by atoms with Gasteiger partial charge in [-0.2, -0.15) is 0 Å². The van der Waals surface area contributed by atoms with Gasteiger partial charge in [-0.1, -0.05) is 68.2 Å². The monoisotopic (exact) mass is 260 g/mol. The fourth-order valence-electron chi connectivity index (χ4n) is 2.14. The van der Waals surface area contributed by atoms with Crippen molar-refractivity contribution in [2.45, 2.75) is 51.0 Å². The van der Waals surface area contributed by atoms with E-state index in [4.69, 9.17) is 11.5 Å². The summed E-state index contributed by atoms with van der Waals surface area (Å²) in [5, 5.41) is 0. The van der Waals surface area contributed by atoms with Gasteiger partial charge in [-0.25, -0.2) is 0 Å². The van der Waals surface area contributed by atoms with E-state index in [9.17, 15) is 0 Å². The lowest BCUT2D eigenvalue weighted by molar-refractivity contribution is 0.540. The summed E-state index contributed by atoms with van der Waals surface area (Å²) < 4.78 is 0. The average Bonchev–Trinajstić information content (AvgIpc) is 2.44. The van der Waals surface area contributed by atoms with E-state index in [1.807, 2.05) is 6.07 Å². The first-order valence-corrected chi connectivity index (χ1v) is 7.50. The predicted molar refractivity (Wildman–Crippen MR) is 84.8 cm³/mol. The number of unbranched alkanes of at least 4 members (excludes halogenated alkanes) is 4. The molecule has 1 rings (SSSR count). The van der Waals surface area contributed by atoms with E-state index < -0.39 is 0 Å². The normalized spacial score (nSPS) is 12.9. The molecule has 0 saturated carbocycles. The summed E-state index contributed by atoms with van der Waals surface area (Å²) in [5.74, 6) is 0. The van der Waals surface area contributed by atoms with Crippen molar-refractivity contribution in [2.24, 2.45) is 11.5 Å². The molecule has 1 atom stereocenters. The Morgan fingerprint density at radius 3 is 2.37 bits per heavy atom. The standard InChI is InChI=1S/C17H28N2/c18-15-8-3-1-2-7-13-17(19)14-9-12-16-10-5-4-6-11-16/h4-6,9-12,17H,1-3,7-8,13-15,18-19H2. The second-order valence-electron chi connectivity index (χ2n) is 5.15. The number of hydrogen-bond donors (Lipinski definition) is 2. The van der Waals surface area contributed by atoms with Crippen LogP contribution in [0.3, 0.4) is 0 Å². The number of rotatable bonds is 10. The Bertz CT molecular complexity index is 332. The Morgan fingerprint density at radius 1 is 0.947 bits per heavy atom. The molecule has 2 heteroatoms. The fraction of sp³-hybridized carbons (Fsp3) is 0.529. The molecule has 0 radical (unpaired) electrons. The molecule has 0 fully saturated rings. The van der Waals surface area contributed by atoms with Crippen molar-refractivity contribution in [1.29, 1.82) is 0 Å². The maximum Gasteiger partial charge on any atom is 0.00735 e. The maximum atomic E-state index is 6.11. The van der Waals surface area contributed by atoms with Gasteiger partial charge in [0.05, 0.1) is 0 Å². The summed E-state index contributed by atoms with van der Waals surface area (Å²) in [5.41, 5.74) is 12.8. The van der Waals surface area contributed by atoms with Crippen LogP contribution in [-0.4, -0.2) is 12.6 Å². The van der Waals surface area contributed by atoms with Crippen LogP contribution >= 0.6 is 0 Å². The quantitative estimate of drug-likeness (QED) is 0.630. The Balaban J connectivity index is 2.04. The summed E-state index contributed by atoms with van der Waals surface area (Å²) in [6, 6.07) is 10.7. The molecule has 1 aromatic carbocycles. The lowest BCUT2D eigenvalue weighted by Crippen LogP contribution is -2.18. The maximum absolute atomic E-state index is 6.11. The fourth-order valence-corrected chi connectivity index (χ4v) is 2.14. The van der Waals surface area contributed by atoms with Crippen LogP contribution in [0, 0.1) is 0 Å². The third kappa shape index (κ3) is 8.57. The molecule has 106 valence electrons. The number of benzene rings is 1. The lowest BCUT2D eigenvalue weighted by atomic mass is 10.0. The highest BCUT2D eigenvalue weighted by atomic mass is 14.6. The zero-order chi connectivity index (χ0) is 13.8. The van der Waals surface area contributed by atoms with Crippen LogP contribution in [0.25, 0.3) is 6.08 Å². The van der Waals surface area contributed by atoms with E-state index in [0.29, 0.717) is 6.04 Å². The van der Waals surface area contributed by atoms with Crippen molar-refractivity contribution < 1.29 is 0 Å². The first-order chi connectivity index (χ1) is 9.33. The summed E-state index contributed by atoms with van der Waals surface area (Å²) in [4.78, 5) is 0. The van der Waals surface area contributed by atoms with Crippen LogP contribution in [0.4, 0.5) is 0 Å². The number of nitrogens with two attached hydrogens (primary N) is 2. The highest BCUT2D eigenvalue weighted by Crippen LogP contribution is 2.09. The van der Waals surface area contributed by atoms with E-state index in [1.54, 1.807) is 0 Å². The molecular formula is C17H28N2. The van der Waals surface area contributed by atoms with Gasteiger partial charge in [0, 0.05) is 6.04 Å². The Hall–Kier alpha value is -1.12. The van der Waals surface area contributed by atoms with Crippen LogP contribution in [0.1, 0.15) is 50.5 Å². The highest BCUT2D eigenvalue weighted by Gasteiger charge is 1.99. The van der Waals surface area contributed by atoms with Crippen LogP contribution in [-0.2, 0) is 0 Å². The van der Waals surface area contributed by atoms with Crippen molar-refractivity contribution in [2.75, 3.05) is 6.54 Å². The van der Waals surface area contributed by atoms with Gasteiger partial charge < -0.3 is 11.5 Å². The van der Waals surface area contributed by atoms with Crippen molar-refractivity contribution in [3.63, 3.8) is 0 Å². The Kier molecular flexibility index (Phi) is 9.03. The van der Waals surface area contributed by atoms with Gasteiger partial charge in [0.25, 0.3) is 0 Å². The van der Waals surface area contributed by atoms with Crippen molar-refractivity contribution >= 4 is 6.08 Å².